The zero-order valence-electron chi connectivity index (χ0n) is 6.96. The summed E-state index contributed by atoms with van der Waals surface area (Å²) in [4.78, 5) is 12.1. The molecule has 0 aliphatic carbocycles. The number of carboxylic acids is 1. The van der Waals surface area contributed by atoms with E-state index in [4.69, 9.17) is 5.11 Å². The first kappa shape index (κ1) is 9.19. The lowest BCUT2D eigenvalue weighted by Crippen LogP contribution is -2.23. The van der Waals surface area contributed by atoms with E-state index in [0.29, 0.717) is 0 Å². The Morgan fingerprint density at radius 1 is 1.75 bits per heavy atom. The van der Waals surface area contributed by atoms with E-state index in [1.165, 1.54) is 6.08 Å². The van der Waals surface area contributed by atoms with Crippen molar-refractivity contribution >= 4 is 5.97 Å². The van der Waals surface area contributed by atoms with Gasteiger partial charge in [-0.2, -0.15) is 4.39 Å². The van der Waals surface area contributed by atoms with Gasteiger partial charge in [0.2, 0.25) is 5.83 Å². The van der Waals surface area contributed by atoms with Crippen molar-refractivity contribution in [2.75, 3.05) is 13.6 Å². The first-order valence-electron chi connectivity index (χ1n) is 3.92. The van der Waals surface area contributed by atoms with E-state index >= 15 is 0 Å². The van der Waals surface area contributed by atoms with Crippen LogP contribution >= 0.6 is 0 Å². The van der Waals surface area contributed by atoms with Gasteiger partial charge in [-0.3, -0.25) is 4.90 Å². The Morgan fingerprint density at radius 2 is 2.42 bits per heavy atom. The lowest BCUT2D eigenvalue weighted by atomic mass is 10.2. The van der Waals surface area contributed by atoms with Crippen LogP contribution in [-0.2, 0) is 4.79 Å². The van der Waals surface area contributed by atoms with E-state index in [1.54, 1.807) is 0 Å². The Kier molecular flexibility index (Phi) is 2.81. The van der Waals surface area contributed by atoms with Gasteiger partial charge in [-0.1, -0.05) is 0 Å². The molecule has 1 atom stereocenters. The van der Waals surface area contributed by atoms with Crippen molar-refractivity contribution in [2.24, 2.45) is 0 Å². The molecule has 68 valence electrons. The van der Waals surface area contributed by atoms with Crippen LogP contribution in [0.5, 0.6) is 0 Å². The SMILES string of the molecule is CN1CCC[C@@H]1/C=C(\F)C(=O)O. The first-order valence-corrected chi connectivity index (χ1v) is 3.92. The van der Waals surface area contributed by atoms with Gasteiger partial charge < -0.3 is 5.11 Å². The quantitative estimate of drug-likeness (QED) is 0.634. The van der Waals surface area contributed by atoms with Crippen LogP contribution in [0.1, 0.15) is 12.8 Å². The Bertz CT molecular complexity index is 215. The summed E-state index contributed by atoms with van der Waals surface area (Å²) < 4.78 is 12.6. The topological polar surface area (TPSA) is 40.5 Å². The number of carbonyl (C=O) groups is 1. The van der Waals surface area contributed by atoms with Crippen molar-refractivity contribution < 1.29 is 14.3 Å². The van der Waals surface area contributed by atoms with E-state index in [2.05, 4.69) is 0 Å². The van der Waals surface area contributed by atoms with Gasteiger partial charge in [0.15, 0.2) is 0 Å². The average Bonchev–Trinajstić information content (AvgIpc) is 2.36. The summed E-state index contributed by atoms with van der Waals surface area (Å²) >= 11 is 0. The Balaban J connectivity index is 2.59. The molecule has 1 fully saturated rings. The third-order valence-electron chi connectivity index (χ3n) is 2.12. The van der Waals surface area contributed by atoms with Crippen LogP contribution in [0.2, 0.25) is 0 Å². The highest BCUT2D eigenvalue weighted by atomic mass is 19.1. The molecule has 3 nitrogen and oxygen atoms in total. The normalized spacial score (nSPS) is 26.2. The minimum absolute atomic E-state index is 0.0406. The fourth-order valence-electron chi connectivity index (χ4n) is 1.39. The first-order chi connectivity index (χ1) is 5.61. The highest BCUT2D eigenvalue weighted by Gasteiger charge is 2.20. The van der Waals surface area contributed by atoms with Crippen molar-refractivity contribution in [1.29, 1.82) is 0 Å². The molecule has 4 heteroatoms. The second kappa shape index (κ2) is 3.67. The minimum Gasteiger partial charge on any atom is -0.476 e. The average molecular weight is 173 g/mol. The summed E-state index contributed by atoms with van der Waals surface area (Å²) in [5, 5.41) is 8.27. The number of halogens is 1. The van der Waals surface area contributed by atoms with Gasteiger partial charge in [-0.15, -0.1) is 0 Å². The molecular formula is C8H12FNO2. The molecule has 1 N–H and O–H groups in total. The molecule has 1 aliphatic rings. The maximum absolute atomic E-state index is 12.6. The van der Waals surface area contributed by atoms with Gasteiger partial charge in [0, 0.05) is 6.04 Å². The number of hydrogen-bond donors (Lipinski definition) is 1. The summed E-state index contributed by atoms with van der Waals surface area (Å²) in [6.07, 6.45) is 3.02. The lowest BCUT2D eigenvalue weighted by molar-refractivity contribution is -0.134. The van der Waals surface area contributed by atoms with Crippen LogP contribution < -0.4 is 0 Å². The zero-order chi connectivity index (χ0) is 9.14. The lowest BCUT2D eigenvalue weighted by Gasteiger charge is -2.14. The van der Waals surface area contributed by atoms with Gasteiger partial charge >= 0.3 is 5.97 Å². The summed E-state index contributed by atoms with van der Waals surface area (Å²) in [5.74, 6) is -2.52. The molecule has 1 saturated heterocycles. The van der Waals surface area contributed by atoms with Crippen LogP contribution in [0.25, 0.3) is 0 Å². The molecule has 12 heavy (non-hydrogen) atoms. The van der Waals surface area contributed by atoms with Crippen molar-refractivity contribution in [2.45, 2.75) is 18.9 Å². The number of aliphatic carboxylic acids is 1. The molecule has 0 radical (unpaired) electrons. The second-order valence-corrected chi connectivity index (χ2v) is 3.01. The van der Waals surface area contributed by atoms with Crippen LogP contribution in [0, 0.1) is 0 Å². The summed E-state index contributed by atoms with van der Waals surface area (Å²) in [7, 11) is 1.86. The van der Waals surface area contributed by atoms with E-state index < -0.39 is 11.8 Å². The van der Waals surface area contributed by atoms with E-state index in [9.17, 15) is 9.18 Å². The number of likely N-dealkylation sites (tertiary alicyclic amines) is 1. The van der Waals surface area contributed by atoms with E-state index in [1.807, 2.05) is 11.9 Å². The van der Waals surface area contributed by atoms with Crippen LogP contribution in [0.3, 0.4) is 0 Å². The van der Waals surface area contributed by atoms with Crippen LogP contribution in [0.4, 0.5) is 4.39 Å². The van der Waals surface area contributed by atoms with E-state index in [-0.39, 0.29) is 6.04 Å². The van der Waals surface area contributed by atoms with Gasteiger partial charge in [-0.25, -0.2) is 4.79 Å². The fraction of sp³-hybridized carbons (Fsp3) is 0.625. The molecule has 1 heterocycles. The summed E-state index contributed by atoms with van der Waals surface area (Å²) in [6, 6.07) is -0.0406. The summed E-state index contributed by atoms with van der Waals surface area (Å²) in [6.45, 7) is 0.911. The third-order valence-corrected chi connectivity index (χ3v) is 2.12. The van der Waals surface area contributed by atoms with Crippen molar-refractivity contribution in [3.05, 3.63) is 11.9 Å². The maximum atomic E-state index is 12.6. The zero-order valence-corrected chi connectivity index (χ0v) is 6.96. The number of likely N-dealkylation sites (N-methyl/N-ethyl adjacent to an activating group) is 1. The highest BCUT2D eigenvalue weighted by Crippen LogP contribution is 2.17. The van der Waals surface area contributed by atoms with Crippen LogP contribution in [0.15, 0.2) is 11.9 Å². The van der Waals surface area contributed by atoms with Gasteiger partial charge in [0.25, 0.3) is 0 Å². The fourth-order valence-corrected chi connectivity index (χ4v) is 1.39. The Labute approximate surface area is 70.5 Å². The second-order valence-electron chi connectivity index (χ2n) is 3.01. The molecular weight excluding hydrogens is 161 g/mol. The van der Waals surface area contributed by atoms with Gasteiger partial charge in [-0.05, 0) is 32.5 Å². The van der Waals surface area contributed by atoms with Crippen LogP contribution in [-0.4, -0.2) is 35.6 Å². The molecule has 0 bridgehead atoms. The summed E-state index contributed by atoms with van der Waals surface area (Å²) in [5.41, 5.74) is 0. The number of hydrogen-bond acceptors (Lipinski definition) is 2. The number of rotatable bonds is 2. The van der Waals surface area contributed by atoms with Crippen molar-refractivity contribution in [3.8, 4) is 0 Å². The molecule has 0 amide bonds. The maximum Gasteiger partial charge on any atom is 0.364 e. The predicted octanol–water partition coefficient (Wildman–Crippen LogP) is 1.02. The third kappa shape index (κ3) is 2.04. The molecule has 0 spiro atoms. The van der Waals surface area contributed by atoms with Gasteiger partial charge in [0.05, 0.1) is 0 Å². The van der Waals surface area contributed by atoms with Crippen molar-refractivity contribution in [3.63, 3.8) is 0 Å². The molecule has 1 aliphatic heterocycles. The molecule has 0 saturated carbocycles. The molecule has 1 rings (SSSR count). The number of nitrogens with zero attached hydrogens (tertiary/aromatic N) is 1. The molecule has 0 aromatic rings. The van der Waals surface area contributed by atoms with Gasteiger partial charge in [0.1, 0.15) is 0 Å². The highest BCUT2D eigenvalue weighted by molar-refractivity contribution is 5.84. The molecule has 0 aromatic heterocycles. The van der Waals surface area contributed by atoms with Crippen molar-refractivity contribution in [1.82, 2.24) is 4.90 Å². The molecule has 0 aromatic carbocycles. The van der Waals surface area contributed by atoms with E-state index in [0.717, 1.165) is 19.4 Å². The Hall–Kier alpha value is -0.900. The largest absolute Gasteiger partial charge is 0.476 e. The smallest absolute Gasteiger partial charge is 0.364 e. The standard InChI is InChI=1S/C8H12FNO2/c1-10-4-2-3-6(10)5-7(9)8(11)12/h5-6H,2-4H2,1H3,(H,11,12)/b7-5-/t6-/m1/s1. The monoisotopic (exact) mass is 173 g/mol. The minimum atomic E-state index is -1.48. The Morgan fingerprint density at radius 3 is 2.83 bits per heavy atom. The number of carboxylic acid groups (broad SMARTS) is 1. The molecule has 0 unspecified atom stereocenters. The predicted molar refractivity (Wildman–Crippen MR) is 42.5 cm³/mol.